The first-order valence-corrected chi connectivity index (χ1v) is 6.50. The maximum absolute atomic E-state index is 11.6. The van der Waals surface area contributed by atoms with Crippen LogP contribution in [-0.2, 0) is 0 Å². The van der Waals surface area contributed by atoms with Crippen molar-refractivity contribution in [3.8, 4) is 17.0 Å². The summed E-state index contributed by atoms with van der Waals surface area (Å²) in [6.07, 6.45) is 0. The van der Waals surface area contributed by atoms with Crippen LogP contribution in [0.4, 0.5) is 0 Å². The Morgan fingerprint density at radius 3 is 2.48 bits per heavy atom. The van der Waals surface area contributed by atoms with Crippen molar-refractivity contribution in [3.63, 3.8) is 0 Å². The number of hydrogen-bond donors (Lipinski definition) is 2. The van der Waals surface area contributed by atoms with E-state index in [1.54, 1.807) is 19.1 Å². The number of hydrogen-bond acceptors (Lipinski definition) is 3. The van der Waals surface area contributed by atoms with E-state index >= 15 is 0 Å². The van der Waals surface area contributed by atoms with Crippen LogP contribution in [0.2, 0.25) is 0 Å². The van der Waals surface area contributed by atoms with Gasteiger partial charge in [-0.2, -0.15) is 0 Å². The van der Waals surface area contributed by atoms with Crippen LogP contribution in [0.3, 0.4) is 0 Å². The van der Waals surface area contributed by atoms with Crippen LogP contribution in [0.25, 0.3) is 22.2 Å². The number of nitrogens with zero attached hydrogens (tertiary/aromatic N) is 1. The molecule has 0 amide bonds. The zero-order valence-corrected chi connectivity index (χ0v) is 11.4. The predicted molar refractivity (Wildman–Crippen MR) is 80.5 cm³/mol. The second kappa shape index (κ2) is 4.90. The number of benzene rings is 2. The SMILES string of the molecule is Cc1ccc(O)c2nc(-c3ccccc3)cc(C(=O)O)c12. The third kappa shape index (κ3) is 2.21. The summed E-state index contributed by atoms with van der Waals surface area (Å²) in [6, 6.07) is 14.1. The number of phenolic OH excluding ortho intramolecular Hbond substituents is 1. The van der Waals surface area contributed by atoms with Crippen molar-refractivity contribution < 1.29 is 15.0 Å². The molecule has 0 radical (unpaired) electrons. The highest BCUT2D eigenvalue weighted by Crippen LogP contribution is 2.32. The van der Waals surface area contributed by atoms with Gasteiger partial charge in [0.05, 0.1) is 11.3 Å². The van der Waals surface area contributed by atoms with Crippen molar-refractivity contribution in [3.05, 3.63) is 59.7 Å². The topological polar surface area (TPSA) is 70.4 Å². The standard InChI is InChI=1S/C17H13NO3/c1-10-7-8-14(19)16-15(10)12(17(20)21)9-13(18-16)11-5-3-2-4-6-11/h2-9,19H,1H3,(H,20,21). The average molecular weight is 279 g/mol. The largest absolute Gasteiger partial charge is 0.506 e. The van der Waals surface area contributed by atoms with Gasteiger partial charge >= 0.3 is 5.97 Å². The number of carboxylic acid groups (broad SMARTS) is 1. The van der Waals surface area contributed by atoms with E-state index in [9.17, 15) is 15.0 Å². The molecule has 104 valence electrons. The molecular weight excluding hydrogens is 266 g/mol. The van der Waals surface area contributed by atoms with Gasteiger partial charge in [-0.25, -0.2) is 9.78 Å². The smallest absolute Gasteiger partial charge is 0.336 e. The van der Waals surface area contributed by atoms with E-state index in [1.165, 1.54) is 6.07 Å². The summed E-state index contributed by atoms with van der Waals surface area (Å²) in [5.41, 5.74) is 2.57. The first-order chi connectivity index (χ1) is 10.1. The number of carbonyl (C=O) groups is 1. The lowest BCUT2D eigenvalue weighted by Crippen LogP contribution is -2.01. The molecule has 21 heavy (non-hydrogen) atoms. The quantitative estimate of drug-likeness (QED) is 0.751. The molecule has 0 unspecified atom stereocenters. The molecule has 2 aromatic carbocycles. The van der Waals surface area contributed by atoms with E-state index in [0.717, 1.165) is 11.1 Å². The van der Waals surface area contributed by atoms with Gasteiger partial charge in [0.15, 0.2) is 0 Å². The second-order valence-corrected chi connectivity index (χ2v) is 4.85. The van der Waals surface area contributed by atoms with Crippen molar-refractivity contribution in [2.75, 3.05) is 0 Å². The lowest BCUT2D eigenvalue weighted by Gasteiger charge is -2.10. The minimum Gasteiger partial charge on any atom is -0.506 e. The summed E-state index contributed by atoms with van der Waals surface area (Å²) in [6.45, 7) is 1.80. The Morgan fingerprint density at radius 2 is 1.81 bits per heavy atom. The van der Waals surface area contributed by atoms with Gasteiger partial charge in [-0.15, -0.1) is 0 Å². The Balaban J connectivity index is 2.41. The van der Waals surface area contributed by atoms with E-state index in [4.69, 9.17) is 0 Å². The lowest BCUT2D eigenvalue weighted by molar-refractivity contribution is 0.0699. The fraction of sp³-hybridized carbons (Fsp3) is 0.0588. The number of aromatic hydroxyl groups is 1. The molecule has 0 atom stereocenters. The normalized spacial score (nSPS) is 10.7. The van der Waals surface area contributed by atoms with Crippen LogP contribution in [0, 0.1) is 6.92 Å². The van der Waals surface area contributed by atoms with E-state index in [-0.39, 0.29) is 11.3 Å². The summed E-state index contributed by atoms with van der Waals surface area (Å²) in [7, 11) is 0. The maximum Gasteiger partial charge on any atom is 0.336 e. The average Bonchev–Trinajstić information content (AvgIpc) is 2.51. The highest BCUT2D eigenvalue weighted by molar-refractivity contribution is 6.06. The maximum atomic E-state index is 11.6. The van der Waals surface area contributed by atoms with Crippen molar-refractivity contribution in [2.45, 2.75) is 6.92 Å². The molecular formula is C17H13NO3. The van der Waals surface area contributed by atoms with Gasteiger partial charge in [0.25, 0.3) is 0 Å². The van der Waals surface area contributed by atoms with Crippen LogP contribution >= 0.6 is 0 Å². The third-order valence-corrected chi connectivity index (χ3v) is 3.45. The molecule has 0 fully saturated rings. The molecule has 0 aliphatic rings. The van der Waals surface area contributed by atoms with Gasteiger partial charge in [0.2, 0.25) is 0 Å². The van der Waals surface area contributed by atoms with Gasteiger partial charge in [-0.1, -0.05) is 36.4 Å². The Labute approximate surface area is 121 Å². The number of carboxylic acids is 1. The third-order valence-electron chi connectivity index (χ3n) is 3.45. The lowest BCUT2D eigenvalue weighted by atomic mass is 10.0. The van der Waals surface area contributed by atoms with Crippen LogP contribution in [0.15, 0.2) is 48.5 Å². The summed E-state index contributed by atoms with van der Waals surface area (Å²) < 4.78 is 0. The number of phenols is 1. The van der Waals surface area contributed by atoms with Gasteiger partial charge in [0.1, 0.15) is 11.3 Å². The molecule has 4 nitrogen and oxygen atoms in total. The van der Waals surface area contributed by atoms with E-state index in [0.29, 0.717) is 16.6 Å². The number of aromatic carboxylic acids is 1. The molecule has 3 aromatic rings. The molecule has 0 saturated carbocycles. The number of aromatic nitrogens is 1. The van der Waals surface area contributed by atoms with Crippen molar-refractivity contribution >= 4 is 16.9 Å². The number of pyridine rings is 1. The number of fused-ring (bicyclic) bond motifs is 1. The molecule has 0 aliphatic heterocycles. The van der Waals surface area contributed by atoms with Crippen LogP contribution < -0.4 is 0 Å². The monoisotopic (exact) mass is 279 g/mol. The second-order valence-electron chi connectivity index (χ2n) is 4.85. The molecule has 1 aromatic heterocycles. The molecule has 0 aliphatic carbocycles. The Bertz CT molecular complexity index is 842. The van der Waals surface area contributed by atoms with Gasteiger partial charge in [-0.3, -0.25) is 0 Å². The highest BCUT2D eigenvalue weighted by Gasteiger charge is 2.16. The number of rotatable bonds is 2. The highest BCUT2D eigenvalue weighted by atomic mass is 16.4. The molecule has 0 bridgehead atoms. The van der Waals surface area contributed by atoms with Gasteiger partial charge < -0.3 is 10.2 Å². The molecule has 2 N–H and O–H groups in total. The fourth-order valence-corrected chi connectivity index (χ4v) is 2.42. The van der Waals surface area contributed by atoms with E-state index < -0.39 is 5.97 Å². The van der Waals surface area contributed by atoms with E-state index in [1.807, 2.05) is 30.3 Å². The fourth-order valence-electron chi connectivity index (χ4n) is 2.42. The van der Waals surface area contributed by atoms with Crippen LogP contribution in [-0.4, -0.2) is 21.2 Å². The molecule has 3 rings (SSSR count). The van der Waals surface area contributed by atoms with Gasteiger partial charge in [-0.05, 0) is 24.6 Å². The van der Waals surface area contributed by atoms with Crippen molar-refractivity contribution in [1.82, 2.24) is 4.98 Å². The summed E-state index contributed by atoms with van der Waals surface area (Å²) in [5, 5.41) is 20.0. The minimum absolute atomic E-state index is 0.0177. The zero-order chi connectivity index (χ0) is 15.0. The summed E-state index contributed by atoms with van der Waals surface area (Å²) in [4.78, 5) is 16.0. The zero-order valence-electron chi connectivity index (χ0n) is 11.4. The van der Waals surface area contributed by atoms with Crippen molar-refractivity contribution in [2.24, 2.45) is 0 Å². The van der Waals surface area contributed by atoms with Crippen LogP contribution in [0.5, 0.6) is 5.75 Å². The molecule has 0 saturated heterocycles. The first kappa shape index (κ1) is 13.1. The molecule has 1 heterocycles. The minimum atomic E-state index is -1.03. The number of aryl methyl sites for hydroxylation is 1. The Hall–Kier alpha value is -2.88. The molecule has 4 heteroatoms. The first-order valence-electron chi connectivity index (χ1n) is 6.50. The Kier molecular flexibility index (Phi) is 3.06. The summed E-state index contributed by atoms with van der Waals surface area (Å²) in [5.74, 6) is -1.05. The van der Waals surface area contributed by atoms with Crippen molar-refractivity contribution in [1.29, 1.82) is 0 Å². The van der Waals surface area contributed by atoms with Gasteiger partial charge in [0, 0.05) is 10.9 Å². The van der Waals surface area contributed by atoms with Crippen LogP contribution in [0.1, 0.15) is 15.9 Å². The Morgan fingerprint density at radius 1 is 1.10 bits per heavy atom. The predicted octanol–water partition coefficient (Wildman–Crippen LogP) is 3.61. The van der Waals surface area contributed by atoms with E-state index in [2.05, 4.69) is 4.98 Å². The summed E-state index contributed by atoms with van der Waals surface area (Å²) >= 11 is 0. The molecule has 0 spiro atoms.